The van der Waals surface area contributed by atoms with Crippen LogP contribution in [0, 0.1) is 0 Å². The van der Waals surface area contributed by atoms with Gasteiger partial charge in [0, 0.05) is 17.8 Å². The minimum atomic E-state index is -0.435. The molecular formula is C12H15N3O2S. The first-order valence-corrected chi connectivity index (χ1v) is 7.13. The van der Waals surface area contributed by atoms with Crippen molar-refractivity contribution in [2.24, 2.45) is 0 Å². The Bertz CT molecular complexity index is 495. The number of amides is 2. The van der Waals surface area contributed by atoms with Gasteiger partial charge in [-0.2, -0.15) is 0 Å². The van der Waals surface area contributed by atoms with Gasteiger partial charge in [-0.3, -0.25) is 14.5 Å². The van der Waals surface area contributed by atoms with Gasteiger partial charge in [-0.05, 0) is 19.8 Å². The molecule has 1 aromatic rings. The van der Waals surface area contributed by atoms with Crippen molar-refractivity contribution < 1.29 is 9.59 Å². The summed E-state index contributed by atoms with van der Waals surface area (Å²) in [6, 6.07) is -0.435. The van der Waals surface area contributed by atoms with E-state index in [1.807, 2.05) is 12.3 Å². The number of likely N-dealkylation sites (N-methyl/N-ethyl adjacent to an activating group) is 1. The van der Waals surface area contributed by atoms with Gasteiger partial charge < -0.3 is 5.32 Å². The first-order chi connectivity index (χ1) is 8.69. The molecule has 0 aromatic carbocycles. The molecule has 1 aliphatic heterocycles. The summed E-state index contributed by atoms with van der Waals surface area (Å²) in [5.74, 6) is 0.384. The minimum Gasteiger partial charge on any atom is -0.349 e. The van der Waals surface area contributed by atoms with E-state index in [0.717, 1.165) is 10.8 Å². The molecule has 0 radical (unpaired) electrons. The first-order valence-electron chi connectivity index (χ1n) is 6.25. The maximum absolute atomic E-state index is 11.9. The van der Waals surface area contributed by atoms with Crippen molar-refractivity contribution >= 4 is 28.3 Å². The smallest absolute Gasteiger partial charge is 0.252 e. The fourth-order valence-corrected chi connectivity index (χ4v) is 3.04. The maximum Gasteiger partial charge on any atom is 0.252 e. The van der Waals surface area contributed by atoms with Crippen molar-refractivity contribution in [3.05, 3.63) is 11.1 Å². The second-order valence-corrected chi connectivity index (χ2v) is 5.59. The molecule has 5 nitrogen and oxygen atoms in total. The summed E-state index contributed by atoms with van der Waals surface area (Å²) in [5, 5.41) is 5.88. The number of nitrogens with one attached hydrogen (secondary N) is 1. The lowest BCUT2D eigenvalue weighted by atomic mass is 10.2. The topological polar surface area (TPSA) is 62.3 Å². The molecule has 1 aromatic heterocycles. The number of rotatable bonds is 4. The van der Waals surface area contributed by atoms with Crippen molar-refractivity contribution in [1.82, 2.24) is 9.88 Å². The molecule has 6 heteroatoms. The molecule has 0 spiro atoms. The standard InChI is InChI=1S/C12H15N3O2S/c1-2-15-10(16)5-8(11(15)17)13-12-14-9(6-18-12)7-3-4-7/h6-8H,2-5H2,1H3,(H,13,14). The number of hydrogen-bond acceptors (Lipinski definition) is 5. The molecule has 1 unspecified atom stereocenters. The largest absolute Gasteiger partial charge is 0.349 e. The second kappa shape index (κ2) is 4.35. The van der Waals surface area contributed by atoms with E-state index < -0.39 is 6.04 Å². The highest BCUT2D eigenvalue weighted by atomic mass is 32.1. The van der Waals surface area contributed by atoms with E-state index >= 15 is 0 Å². The molecule has 1 aliphatic carbocycles. The Morgan fingerprint density at radius 2 is 2.28 bits per heavy atom. The highest BCUT2D eigenvalue weighted by molar-refractivity contribution is 7.13. The number of aromatic nitrogens is 1. The maximum atomic E-state index is 11.9. The Hall–Kier alpha value is -1.43. The van der Waals surface area contributed by atoms with Crippen LogP contribution in [0.25, 0.3) is 0 Å². The molecule has 96 valence electrons. The zero-order chi connectivity index (χ0) is 12.7. The Labute approximate surface area is 109 Å². The zero-order valence-corrected chi connectivity index (χ0v) is 11.0. The van der Waals surface area contributed by atoms with E-state index in [4.69, 9.17) is 0 Å². The average Bonchev–Trinajstić information content (AvgIpc) is 3.03. The van der Waals surface area contributed by atoms with E-state index in [9.17, 15) is 9.59 Å². The summed E-state index contributed by atoms with van der Waals surface area (Å²) in [6.45, 7) is 2.26. The van der Waals surface area contributed by atoms with Crippen molar-refractivity contribution in [3.8, 4) is 0 Å². The summed E-state index contributed by atoms with van der Waals surface area (Å²) in [5.41, 5.74) is 1.12. The Balaban J connectivity index is 1.68. The van der Waals surface area contributed by atoms with Crippen LogP contribution in [0.4, 0.5) is 5.13 Å². The summed E-state index contributed by atoms with van der Waals surface area (Å²) >= 11 is 1.51. The molecule has 1 saturated carbocycles. The van der Waals surface area contributed by atoms with Crippen LogP contribution in [-0.2, 0) is 9.59 Å². The van der Waals surface area contributed by atoms with E-state index in [1.54, 1.807) is 0 Å². The van der Waals surface area contributed by atoms with Gasteiger partial charge >= 0.3 is 0 Å². The van der Waals surface area contributed by atoms with Gasteiger partial charge in [0.05, 0.1) is 12.1 Å². The average molecular weight is 265 g/mol. The lowest BCUT2D eigenvalue weighted by Crippen LogP contribution is -2.34. The molecule has 2 aliphatic rings. The highest BCUT2D eigenvalue weighted by Gasteiger charge is 2.38. The molecule has 2 amide bonds. The molecule has 2 fully saturated rings. The van der Waals surface area contributed by atoms with Crippen LogP contribution in [0.1, 0.15) is 37.8 Å². The summed E-state index contributed by atoms with van der Waals surface area (Å²) in [6.07, 6.45) is 2.67. The highest BCUT2D eigenvalue weighted by Crippen LogP contribution is 2.41. The lowest BCUT2D eigenvalue weighted by molar-refractivity contribution is -0.138. The van der Waals surface area contributed by atoms with Crippen LogP contribution in [0.2, 0.25) is 0 Å². The minimum absolute atomic E-state index is 0.0982. The third-order valence-electron chi connectivity index (χ3n) is 3.38. The van der Waals surface area contributed by atoms with Crippen molar-refractivity contribution in [3.63, 3.8) is 0 Å². The summed E-state index contributed by atoms with van der Waals surface area (Å²) < 4.78 is 0. The Morgan fingerprint density at radius 1 is 1.50 bits per heavy atom. The number of nitrogens with zero attached hydrogens (tertiary/aromatic N) is 2. The van der Waals surface area contributed by atoms with Crippen LogP contribution in [0.3, 0.4) is 0 Å². The van der Waals surface area contributed by atoms with Gasteiger partial charge in [-0.1, -0.05) is 0 Å². The fourth-order valence-electron chi connectivity index (χ4n) is 2.20. The summed E-state index contributed by atoms with van der Waals surface area (Å²) in [7, 11) is 0. The normalized spacial score (nSPS) is 23.8. The predicted octanol–water partition coefficient (Wildman–Crippen LogP) is 1.58. The van der Waals surface area contributed by atoms with Gasteiger partial charge in [0.15, 0.2) is 5.13 Å². The molecule has 1 saturated heterocycles. The third kappa shape index (κ3) is 2.01. The SMILES string of the molecule is CCN1C(=O)CC(Nc2nc(C3CC3)cs2)C1=O. The third-order valence-corrected chi connectivity index (χ3v) is 4.17. The molecule has 2 heterocycles. The van der Waals surface area contributed by atoms with E-state index in [0.29, 0.717) is 12.5 Å². The van der Waals surface area contributed by atoms with Crippen molar-refractivity contribution in [2.75, 3.05) is 11.9 Å². The van der Waals surface area contributed by atoms with Crippen molar-refractivity contribution in [2.45, 2.75) is 38.1 Å². The van der Waals surface area contributed by atoms with Crippen LogP contribution in [-0.4, -0.2) is 34.3 Å². The van der Waals surface area contributed by atoms with Gasteiger partial charge in [0.25, 0.3) is 5.91 Å². The monoisotopic (exact) mass is 265 g/mol. The molecule has 0 bridgehead atoms. The number of carbonyl (C=O) groups is 2. The second-order valence-electron chi connectivity index (χ2n) is 4.73. The molecule has 18 heavy (non-hydrogen) atoms. The molecule has 3 rings (SSSR count). The predicted molar refractivity (Wildman–Crippen MR) is 68.5 cm³/mol. The van der Waals surface area contributed by atoms with Crippen LogP contribution in [0.15, 0.2) is 5.38 Å². The van der Waals surface area contributed by atoms with Crippen LogP contribution in [0.5, 0.6) is 0 Å². The van der Waals surface area contributed by atoms with Crippen LogP contribution >= 0.6 is 11.3 Å². The number of thiazole rings is 1. The van der Waals surface area contributed by atoms with E-state index in [1.165, 1.54) is 29.1 Å². The van der Waals surface area contributed by atoms with Gasteiger partial charge in [0.1, 0.15) is 6.04 Å². The van der Waals surface area contributed by atoms with Gasteiger partial charge in [-0.15, -0.1) is 11.3 Å². The van der Waals surface area contributed by atoms with Gasteiger partial charge in [-0.25, -0.2) is 4.98 Å². The number of imide groups is 1. The molecular weight excluding hydrogens is 250 g/mol. The number of anilines is 1. The van der Waals surface area contributed by atoms with Crippen molar-refractivity contribution in [1.29, 1.82) is 0 Å². The van der Waals surface area contributed by atoms with E-state index in [-0.39, 0.29) is 18.2 Å². The van der Waals surface area contributed by atoms with E-state index in [2.05, 4.69) is 10.3 Å². The fraction of sp³-hybridized carbons (Fsp3) is 0.583. The number of carbonyl (C=O) groups excluding carboxylic acids is 2. The number of hydrogen-bond donors (Lipinski definition) is 1. The zero-order valence-electron chi connectivity index (χ0n) is 10.2. The van der Waals surface area contributed by atoms with Gasteiger partial charge in [0.2, 0.25) is 5.91 Å². The van der Waals surface area contributed by atoms with Crippen LogP contribution < -0.4 is 5.32 Å². The first kappa shape index (κ1) is 11.6. The summed E-state index contributed by atoms with van der Waals surface area (Å²) in [4.78, 5) is 29.3. The Morgan fingerprint density at radius 3 is 2.89 bits per heavy atom. The quantitative estimate of drug-likeness (QED) is 0.840. The molecule has 1 atom stereocenters. The molecule has 1 N–H and O–H groups in total. The number of likely N-dealkylation sites (tertiary alicyclic amines) is 1. The Kier molecular flexibility index (Phi) is 2.81. The lowest BCUT2D eigenvalue weighted by Gasteiger charge is -2.12.